The Labute approximate surface area is 126 Å². The van der Waals surface area contributed by atoms with Crippen LogP contribution in [0.15, 0.2) is 41.0 Å². The van der Waals surface area contributed by atoms with Crippen LogP contribution in [0, 0.1) is 0 Å². The van der Waals surface area contributed by atoms with Crippen molar-refractivity contribution in [1.82, 2.24) is 4.98 Å². The molecule has 1 N–H and O–H groups in total. The van der Waals surface area contributed by atoms with Crippen LogP contribution in [0.25, 0.3) is 0 Å². The van der Waals surface area contributed by atoms with Gasteiger partial charge in [-0.2, -0.15) is 0 Å². The van der Waals surface area contributed by atoms with E-state index in [2.05, 4.69) is 32.3 Å². The summed E-state index contributed by atoms with van der Waals surface area (Å²) in [5.41, 5.74) is 2.21. The number of pyridine rings is 1. The van der Waals surface area contributed by atoms with Crippen molar-refractivity contribution < 1.29 is 9.47 Å². The molecule has 20 heavy (non-hydrogen) atoms. The second-order valence-corrected chi connectivity index (χ2v) is 5.58. The molecule has 2 heterocycles. The lowest BCUT2D eigenvalue weighted by molar-refractivity contribution is 0.246. The predicted molar refractivity (Wildman–Crippen MR) is 81.5 cm³/mol. The normalized spacial score (nSPS) is 16.4. The Morgan fingerprint density at radius 2 is 2.30 bits per heavy atom. The summed E-state index contributed by atoms with van der Waals surface area (Å²) in [6.07, 6.45) is 2.84. The Balaban J connectivity index is 1.58. The summed E-state index contributed by atoms with van der Waals surface area (Å²) in [5, 5.41) is 3.33. The number of aromatic nitrogens is 1. The maximum Gasteiger partial charge on any atom is 0.213 e. The first-order chi connectivity index (χ1) is 9.74. The molecule has 1 aliphatic heterocycles. The molecule has 0 fully saturated rings. The Morgan fingerprint density at radius 3 is 3.05 bits per heavy atom. The number of methoxy groups -OCH3 is 1. The van der Waals surface area contributed by atoms with E-state index in [9.17, 15) is 0 Å². The molecular weight excluding hydrogens is 320 g/mol. The Kier molecular flexibility index (Phi) is 3.78. The van der Waals surface area contributed by atoms with Crippen LogP contribution in [0.2, 0.25) is 0 Å². The summed E-state index contributed by atoms with van der Waals surface area (Å²) in [6, 6.07) is 9.91. The SMILES string of the molecule is COc1ccc(NCC2Cc3cc(Br)ccc3O2)cn1. The summed E-state index contributed by atoms with van der Waals surface area (Å²) in [4.78, 5) is 4.16. The standard InChI is InChI=1S/C15H15BrN2O2/c1-19-15-5-3-12(8-18-15)17-9-13-7-10-6-11(16)2-4-14(10)20-13/h2-6,8,13,17H,7,9H2,1H3. The van der Waals surface area contributed by atoms with Crippen molar-refractivity contribution in [2.75, 3.05) is 19.0 Å². The number of hydrogen-bond donors (Lipinski definition) is 1. The van der Waals surface area contributed by atoms with Gasteiger partial charge < -0.3 is 14.8 Å². The highest BCUT2D eigenvalue weighted by molar-refractivity contribution is 9.10. The van der Waals surface area contributed by atoms with Crippen LogP contribution in [-0.4, -0.2) is 24.7 Å². The largest absolute Gasteiger partial charge is 0.488 e. The summed E-state index contributed by atoms with van der Waals surface area (Å²) in [6.45, 7) is 0.750. The zero-order valence-electron chi connectivity index (χ0n) is 11.1. The molecule has 1 atom stereocenters. The topological polar surface area (TPSA) is 43.4 Å². The van der Waals surface area contributed by atoms with E-state index in [0.717, 1.165) is 28.9 Å². The van der Waals surface area contributed by atoms with Crippen LogP contribution in [0.3, 0.4) is 0 Å². The number of hydrogen-bond acceptors (Lipinski definition) is 4. The fourth-order valence-corrected chi connectivity index (χ4v) is 2.65. The van der Waals surface area contributed by atoms with Gasteiger partial charge in [0.25, 0.3) is 0 Å². The third kappa shape index (κ3) is 2.88. The first-order valence-electron chi connectivity index (χ1n) is 6.43. The van der Waals surface area contributed by atoms with E-state index in [1.807, 2.05) is 24.3 Å². The molecule has 0 bridgehead atoms. The first kappa shape index (κ1) is 13.2. The molecular formula is C15H15BrN2O2. The monoisotopic (exact) mass is 334 g/mol. The van der Waals surface area contributed by atoms with Crippen molar-refractivity contribution >= 4 is 21.6 Å². The zero-order valence-corrected chi connectivity index (χ0v) is 12.7. The van der Waals surface area contributed by atoms with Gasteiger partial charge in [0, 0.05) is 17.0 Å². The van der Waals surface area contributed by atoms with E-state index in [-0.39, 0.29) is 6.10 Å². The molecule has 0 amide bonds. The van der Waals surface area contributed by atoms with E-state index in [1.165, 1.54) is 5.56 Å². The van der Waals surface area contributed by atoms with Gasteiger partial charge in [0.1, 0.15) is 11.9 Å². The fourth-order valence-electron chi connectivity index (χ4n) is 2.24. The predicted octanol–water partition coefficient (Wildman–Crippen LogP) is 3.27. The molecule has 0 aliphatic carbocycles. The van der Waals surface area contributed by atoms with Gasteiger partial charge in [0.2, 0.25) is 5.88 Å². The smallest absolute Gasteiger partial charge is 0.213 e. The Morgan fingerprint density at radius 1 is 1.40 bits per heavy atom. The molecule has 5 heteroatoms. The maximum atomic E-state index is 5.90. The average molecular weight is 335 g/mol. The lowest BCUT2D eigenvalue weighted by atomic mass is 10.1. The molecule has 1 unspecified atom stereocenters. The number of nitrogens with zero attached hydrogens (tertiary/aromatic N) is 1. The van der Waals surface area contributed by atoms with Crippen molar-refractivity contribution in [3.63, 3.8) is 0 Å². The number of anilines is 1. The number of nitrogens with one attached hydrogen (secondary N) is 1. The van der Waals surface area contributed by atoms with E-state index in [1.54, 1.807) is 13.3 Å². The lowest BCUT2D eigenvalue weighted by Gasteiger charge is -2.12. The van der Waals surface area contributed by atoms with Crippen molar-refractivity contribution in [1.29, 1.82) is 0 Å². The minimum Gasteiger partial charge on any atom is -0.488 e. The van der Waals surface area contributed by atoms with Crippen LogP contribution in [0.4, 0.5) is 5.69 Å². The summed E-state index contributed by atoms with van der Waals surface area (Å²) < 4.78 is 12.0. The van der Waals surface area contributed by atoms with Crippen LogP contribution in [0.1, 0.15) is 5.56 Å². The highest BCUT2D eigenvalue weighted by Crippen LogP contribution is 2.31. The van der Waals surface area contributed by atoms with Crippen LogP contribution in [-0.2, 0) is 6.42 Å². The lowest BCUT2D eigenvalue weighted by Crippen LogP contribution is -2.23. The average Bonchev–Trinajstić information content (AvgIpc) is 2.87. The summed E-state index contributed by atoms with van der Waals surface area (Å²) in [7, 11) is 1.61. The minimum atomic E-state index is 0.154. The molecule has 0 spiro atoms. The first-order valence-corrected chi connectivity index (χ1v) is 7.23. The molecule has 1 aromatic heterocycles. The van der Waals surface area contributed by atoms with E-state index >= 15 is 0 Å². The highest BCUT2D eigenvalue weighted by atomic mass is 79.9. The van der Waals surface area contributed by atoms with Gasteiger partial charge in [0.15, 0.2) is 0 Å². The minimum absolute atomic E-state index is 0.154. The number of ether oxygens (including phenoxy) is 2. The second kappa shape index (κ2) is 5.71. The third-order valence-electron chi connectivity index (χ3n) is 3.24. The van der Waals surface area contributed by atoms with Crippen molar-refractivity contribution in [3.05, 3.63) is 46.6 Å². The number of benzene rings is 1. The molecule has 0 saturated heterocycles. The summed E-state index contributed by atoms with van der Waals surface area (Å²) >= 11 is 3.48. The summed E-state index contributed by atoms with van der Waals surface area (Å²) in [5.74, 6) is 1.60. The number of rotatable bonds is 4. The molecule has 3 rings (SSSR count). The number of halogens is 1. The van der Waals surface area contributed by atoms with Crippen LogP contribution in [0.5, 0.6) is 11.6 Å². The van der Waals surface area contributed by atoms with Crippen molar-refractivity contribution in [2.24, 2.45) is 0 Å². The Bertz CT molecular complexity index is 601. The zero-order chi connectivity index (χ0) is 13.9. The van der Waals surface area contributed by atoms with Gasteiger partial charge in [-0.1, -0.05) is 15.9 Å². The van der Waals surface area contributed by atoms with Gasteiger partial charge in [-0.3, -0.25) is 0 Å². The molecule has 4 nitrogen and oxygen atoms in total. The van der Waals surface area contributed by atoms with E-state index in [0.29, 0.717) is 5.88 Å². The Hall–Kier alpha value is -1.75. The fraction of sp³-hybridized carbons (Fsp3) is 0.267. The van der Waals surface area contributed by atoms with Gasteiger partial charge >= 0.3 is 0 Å². The molecule has 104 valence electrons. The quantitative estimate of drug-likeness (QED) is 0.931. The van der Waals surface area contributed by atoms with Gasteiger partial charge in [-0.25, -0.2) is 4.98 Å². The van der Waals surface area contributed by atoms with Crippen LogP contribution >= 0.6 is 15.9 Å². The number of fused-ring (bicyclic) bond motifs is 1. The van der Waals surface area contributed by atoms with E-state index < -0.39 is 0 Å². The van der Waals surface area contributed by atoms with E-state index in [4.69, 9.17) is 9.47 Å². The third-order valence-corrected chi connectivity index (χ3v) is 3.74. The van der Waals surface area contributed by atoms with Gasteiger partial charge in [-0.15, -0.1) is 0 Å². The molecule has 1 aliphatic rings. The van der Waals surface area contributed by atoms with Crippen molar-refractivity contribution in [2.45, 2.75) is 12.5 Å². The molecule has 0 saturated carbocycles. The van der Waals surface area contributed by atoms with Gasteiger partial charge in [-0.05, 0) is 29.8 Å². The second-order valence-electron chi connectivity index (χ2n) is 4.67. The highest BCUT2D eigenvalue weighted by Gasteiger charge is 2.22. The van der Waals surface area contributed by atoms with Crippen molar-refractivity contribution in [3.8, 4) is 11.6 Å². The maximum absolute atomic E-state index is 5.90. The molecule has 0 radical (unpaired) electrons. The molecule has 2 aromatic rings. The van der Waals surface area contributed by atoms with Crippen LogP contribution < -0.4 is 14.8 Å². The molecule has 1 aromatic carbocycles. The van der Waals surface area contributed by atoms with Gasteiger partial charge in [0.05, 0.1) is 25.5 Å².